The number of piperazine rings is 1. The summed E-state index contributed by atoms with van der Waals surface area (Å²) in [6, 6.07) is 7.02. The fraction of sp³-hybridized carbons (Fsp3) is 0.300. The van der Waals surface area contributed by atoms with Crippen molar-refractivity contribution in [3.05, 3.63) is 62.7 Å². The number of nitrogens with one attached hydrogen (secondary N) is 1. The van der Waals surface area contributed by atoms with Gasteiger partial charge < -0.3 is 14.5 Å². The summed E-state index contributed by atoms with van der Waals surface area (Å²) < 4.78 is 44.0. The number of hydrogen-bond donors (Lipinski definition) is 1. The van der Waals surface area contributed by atoms with Crippen LogP contribution in [0.15, 0.2) is 36.4 Å². The number of benzene rings is 2. The minimum absolute atomic E-state index is 0.0891. The van der Waals surface area contributed by atoms with Gasteiger partial charge in [-0.3, -0.25) is 20.2 Å². The van der Waals surface area contributed by atoms with E-state index in [0.29, 0.717) is 29.9 Å². The van der Waals surface area contributed by atoms with Gasteiger partial charge in [0.05, 0.1) is 23.2 Å². The summed E-state index contributed by atoms with van der Waals surface area (Å²) in [6.07, 6.45) is -4.68. The largest absolute Gasteiger partial charge is 0.496 e. The van der Waals surface area contributed by atoms with Crippen LogP contribution in [0.3, 0.4) is 0 Å². The molecule has 1 aliphatic heterocycles. The molecule has 0 radical (unpaired) electrons. The molecular weight excluding hydrogens is 485 g/mol. The van der Waals surface area contributed by atoms with Crippen LogP contribution >= 0.6 is 23.8 Å². The molecule has 1 saturated heterocycles. The Labute approximate surface area is 197 Å². The van der Waals surface area contributed by atoms with E-state index in [9.17, 15) is 28.1 Å². The number of carbonyl (C=O) groups is 1. The second-order valence-corrected chi connectivity index (χ2v) is 7.86. The maximum absolute atomic E-state index is 12.9. The molecule has 8 nitrogen and oxygen atoms in total. The lowest BCUT2D eigenvalue weighted by molar-refractivity contribution is -0.384. The summed E-state index contributed by atoms with van der Waals surface area (Å²) in [5.74, 6) is -0.195. The number of methoxy groups -OCH3 is 1. The van der Waals surface area contributed by atoms with Crippen LogP contribution in [-0.4, -0.2) is 54.1 Å². The number of rotatable bonds is 4. The Kier molecular flexibility index (Phi) is 7.28. The summed E-state index contributed by atoms with van der Waals surface area (Å²) in [6.45, 7) is 1.10. The molecule has 0 aromatic heterocycles. The Hall–Kier alpha value is -3.12. The molecule has 0 aliphatic carbocycles. The van der Waals surface area contributed by atoms with E-state index in [1.807, 2.05) is 0 Å². The van der Waals surface area contributed by atoms with Gasteiger partial charge in [0.1, 0.15) is 11.4 Å². The molecule has 2 aromatic carbocycles. The van der Waals surface area contributed by atoms with Gasteiger partial charge >= 0.3 is 6.18 Å². The van der Waals surface area contributed by atoms with Gasteiger partial charge in [-0.2, -0.15) is 13.2 Å². The third kappa shape index (κ3) is 5.63. The van der Waals surface area contributed by atoms with Gasteiger partial charge in [-0.15, -0.1) is 0 Å². The van der Waals surface area contributed by atoms with Crippen LogP contribution < -0.4 is 15.0 Å². The molecule has 0 bridgehead atoms. The molecule has 33 heavy (non-hydrogen) atoms. The fourth-order valence-electron chi connectivity index (χ4n) is 3.37. The normalized spacial score (nSPS) is 14.1. The Morgan fingerprint density at radius 1 is 1.18 bits per heavy atom. The smallest absolute Gasteiger partial charge is 0.416 e. The van der Waals surface area contributed by atoms with Crippen LogP contribution in [-0.2, 0) is 6.18 Å². The van der Waals surface area contributed by atoms with Gasteiger partial charge in [-0.25, -0.2) is 0 Å². The van der Waals surface area contributed by atoms with E-state index in [1.54, 1.807) is 21.9 Å². The first-order chi connectivity index (χ1) is 15.5. The molecule has 0 spiro atoms. The Balaban J connectivity index is 1.68. The third-order valence-electron chi connectivity index (χ3n) is 5.03. The van der Waals surface area contributed by atoms with Crippen LogP contribution in [0, 0.1) is 10.1 Å². The molecule has 1 heterocycles. The lowest BCUT2D eigenvalue weighted by Crippen LogP contribution is -2.52. The molecule has 0 atom stereocenters. The maximum atomic E-state index is 12.9. The van der Waals surface area contributed by atoms with Crippen LogP contribution in [0.4, 0.5) is 24.5 Å². The van der Waals surface area contributed by atoms with Gasteiger partial charge in [-0.1, -0.05) is 11.6 Å². The molecule has 3 rings (SSSR count). The quantitative estimate of drug-likeness (QED) is 0.382. The second kappa shape index (κ2) is 9.79. The number of carbonyl (C=O) groups excluding carboxylic acids is 1. The SMILES string of the molecule is COc1ccc(Cl)cc1C(=O)NC(=S)N1CCN(c2ccc(C(F)(F)F)cc2[N+](=O)[O-])CC1. The number of anilines is 1. The van der Waals surface area contributed by atoms with Crippen molar-refractivity contribution in [2.24, 2.45) is 0 Å². The molecule has 0 saturated carbocycles. The van der Waals surface area contributed by atoms with Crippen LogP contribution in [0.2, 0.25) is 5.02 Å². The third-order valence-corrected chi connectivity index (χ3v) is 5.63. The summed E-state index contributed by atoms with van der Waals surface area (Å²) in [5, 5.41) is 14.5. The highest BCUT2D eigenvalue weighted by Crippen LogP contribution is 2.36. The standard InChI is InChI=1S/C20H18ClF3N4O4S/c1-32-17-5-3-13(21)11-14(17)18(29)25-19(33)27-8-6-26(7-9-27)15-4-2-12(20(22,23)24)10-16(15)28(30)31/h2-5,10-11H,6-9H2,1H3,(H,25,29,33). The zero-order chi connectivity index (χ0) is 24.3. The van der Waals surface area contributed by atoms with Crippen molar-refractivity contribution in [2.75, 3.05) is 38.2 Å². The van der Waals surface area contributed by atoms with Gasteiger partial charge in [0, 0.05) is 37.3 Å². The highest BCUT2D eigenvalue weighted by molar-refractivity contribution is 7.80. The maximum Gasteiger partial charge on any atom is 0.416 e. The number of alkyl halides is 3. The summed E-state index contributed by atoms with van der Waals surface area (Å²) in [7, 11) is 1.41. The number of hydrogen-bond acceptors (Lipinski definition) is 6. The van der Waals surface area contributed by atoms with Crippen molar-refractivity contribution in [3.63, 3.8) is 0 Å². The summed E-state index contributed by atoms with van der Waals surface area (Å²) >= 11 is 11.3. The molecule has 13 heteroatoms. The highest BCUT2D eigenvalue weighted by atomic mass is 35.5. The number of nitrogens with zero attached hydrogens (tertiary/aromatic N) is 3. The molecule has 1 amide bonds. The van der Waals surface area contributed by atoms with Gasteiger partial charge in [0.25, 0.3) is 11.6 Å². The van der Waals surface area contributed by atoms with E-state index in [0.717, 1.165) is 12.1 Å². The zero-order valence-electron chi connectivity index (χ0n) is 17.2. The highest BCUT2D eigenvalue weighted by Gasteiger charge is 2.34. The molecule has 176 valence electrons. The average molecular weight is 503 g/mol. The number of halogens is 4. The lowest BCUT2D eigenvalue weighted by Gasteiger charge is -2.37. The van der Waals surface area contributed by atoms with Crippen molar-refractivity contribution in [1.29, 1.82) is 0 Å². The first kappa shape index (κ1) is 24.5. The zero-order valence-corrected chi connectivity index (χ0v) is 18.8. The van der Waals surface area contributed by atoms with E-state index in [4.69, 9.17) is 28.6 Å². The summed E-state index contributed by atoms with van der Waals surface area (Å²) in [5.41, 5.74) is -1.42. The van der Waals surface area contributed by atoms with E-state index >= 15 is 0 Å². The monoisotopic (exact) mass is 502 g/mol. The molecule has 0 unspecified atom stereocenters. The topological polar surface area (TPSA) is 88.0 Å². The first-order valence-electron chi connectivity index (χ1n) is 9.55. The Morgan fingerprint density at radius 2 is 1.85 bits per heavy atom. The van der Waals surface area contributed by atoms with Crippen LogP contribution in [0.25, 0.3) is 0 Å². The molecule has 1 fully saturated rings. The number of thiocarbonyl (C=S) groups is 1. The molecule has 1 aliphatic rings. The van der Waals surface area contributed by atoms with Crippen molar-refractivity contribution >= 4 is 46.2 Å². The number of amides is 1. The van der Waals surface area contributed by atoms with Crippen molar-refractivity contribution in [1.82, 2.24) is 10.2 Å². The van der Waals surface area contributed by atoms with E-state index < -0.39 is 28.3 Å². The number of nitro benzene ring substituents is 1. The van der Waals surface area contributed by atoms with Crippen LogP contribution in [0.5, 0.6) is 5.75 Å². The van der Waals surface area contributed by atoms with Crippen LogP contribution in [0.1, 0.15) is 15.9 Å². The molecule has 1 N–H and O–H groups in total. The van der Waals surface area contributed by atoms with E-state index in [-0.39, 0.29) is 29.5 Å². The van der Waals surface area contributed by atoms with Gasteiger partial charge in [0.2, 0.25) is 0 Å². The Bertz CT molecular complexity index is 1090. The number of nitro groups is 1. The van der Waals surface area contributed by atoms with E-state index in [1.165, 1.54) is 13.2 Å². The minimum Gasteiger partial charge on any atom is -0.496 e. The summed E-state index contributed by atoms with van der Waals surface area (Å²) in [4.78, 5) is 26.4. The van der Waals surface area contributed by atoms with Crippen molar-refractivity contribution in [3.8, 4) is 5.75 Å². The number of ether oxygens (including phenoxy) is 1. The van der Waals surface area contributed by atoms with E-state index in [2.05, 4.69) is 5.32 Å². The molecule has 2 aromatic rings. The average Bonchev–Trinajstić information content (AvgIpc) is 2.78. The second-order valence-electron chi connectivity index (χ2n) is 7.04. The fourth-order valence-corrected chi connectivity index (χ4v) is 3.81. The van der Waals surface area contributed by atoms with Gasteiger partial charge in [0.15, 0.2) is 5.11 Å². The molecular formula is C20H18ClF3N4O4S. The predicted octanol–water partition coefficient (Wildman–Crippen LogP) is 4.11. The predicted molar refractivity (Wildman–Crippen MR) is 120 cm³/mol. The first-order valence-corrected chi connectivity index (χ1v) is 10.3. The van der Waals surface area contributed by atoms with Crippen molar-refractivity contribution < 1.29 is 27.6 Å². The van der Waals surface area contributed by atoms with Crippen molar-refractivity contribution in [2.45, 2.75) is 6.18 Å². The lowest BCUT2D eigenvalue weighted by atomic mass is 10.1. The van der Waals surface area contributed by atoms with Gasteiger partial charge in [-0.05, 0) is 42.5 Å². The Morgan fingerprint density at radius 3 is 2.42 bits per heavy atom. The minimum atomic E-state index is -4.68.